The SMILES string of the molecule is COCc1cc(C[C@@H]2CC[C@H](O)[C@@H](CNC(=O)c3ccc(OC)cc3)O2)no1. The lowest BCUT2D eigenvalue weighted by molar-refractivity contribution is -0.114. The van der Waals surface area contributed by atoms with Crippen molar-refractivity contribution in [1.82, 2.24) is 10.5 Å². The molecule has 1 aliphatic rings. The monoisotopic (exact) mass is 390 g/mol. The van der Waals surface area contributed by atoms with Crippen molar-refractivity contribution in [3.8, 4) is 5.75 Å². The lowest BCUT2D eigenvalue weighted by Crippen LogP contribution is -2.46. The highest BCUT2D eigenvalue weighted by atomic mass is 16.5. The van der Waals surface area contributed by atoms with Gasteiger partial charge in [-0.1, -0.05) is 5.16 Å². The van der Waals surface area contributed by atoms with Crippen molar-refractivity contribution in [2.24, 2.45) is 0 Å². The number of amides is 1. The van der Waals surface area contributed by atoms with E-state index in [1.807, 2.05) is 6.07 Å². The van der Waals surface area contributed by atoms with E-state index in [1.54, 1.807) is 38.5 Å². The Balaban J connectivity index is 1.51. The molecule has 0 aliphatic carbocycles. The number of hydrogen-bond acceptors (Lipinski definition) is 7. The van der Waals surface area contributed by atoms with Crippen LogP contribution in [0.15, 0.2) is 34.9 Å². The molecule has 0 saturated carbocycles. The van der Waals surface area contributed by atoms with E-state index in [9.17, 15) is 9.90 Å². The molecule has 1 aromatic heterocycles. The first-order valence-corrected chi connectivity index (χ1v) is 9.28. The van der Waals surface area contributed by atoms with Gasteiger partial charge in [0.1, 0.15) is 18.5 Å². The summed E-state index contributed by atoms with van der Waals surface area (Å²) >= 11 is 0. The molecule has 2 N–H and O–H groups in total. The molecule has 0 unspecified atom stereocenters. The van der Waals surface area contributed by atoms with Crippen molar-refractivity contribution in [1.29, 1.82) is 0 Å². The summed E-state index contributed by atoms with van der Waals surface area (Å²) in [6.07, 6.45) is 0.738. The molecule has 2 aromatic rings. The molecule has 1 aromatic carbocycles. The largest absolute Gasteiger partial charge is 0.497 e. The van der Waals surface area contributed by atoms with Crippen LogP contribution in [0.1, 0.15) is 34.7 Å². The Bertz CT molecular complexity index is 760. The van der Waals surface area contributed by atoms with Crippen molar-refractivity contribution in [2.75, 3.05) is 20.8 Å². The third-order valence-electron chi connectivity index (χ3n) is 4.73. The maximum atomic E-state index is 12.3. The van der Waals surface area contributed by atoms with Crippen LogP contribution in [-0.4, -0.2) is 55.2 Å². The van der Waals surface area contributed by atoms with Gasteiger partial charge in [0.25, 0.3) is 5.91 Å². The molecule has 8 nitrogen and oxygen atoms in total. The van der Waals surface area contributed by atoms with Crippen LogP contribution in [-0.2, 0) is 22.5 Å². The van der Waals surface area contributed by atoms with Crippen LogP contribution in [0.3, 0.4) is 0 Å². The van der Waals surface area contributed by atoms with E-state index in [0.29, 0.717) is 36.5 Å². The highest BCUT2D eigenvalue weighted by Gasteiger charge is 2.31. The minimum atomic E-state index is -0.617. The van der Waals surface area contributed by atoms with Gasteiger partial charge in [0.05, 0.1) is 25.0 Å². The van der Waals surface area contributed by atoms with Crippen LogP contribution in [0.25, 0.3) is 0 Å². The zero-order chi connectivity index (χ0) is 19.9. The fraction of sp³-hybridized carbons (Fsp3) is 0.500. The highest BCUT2D eigenvalue weighted by molar-refractivity contribution is 5.94. The maximum absolute atomic E-state index is 12.3. The number of carbonyl (C=O) groups is 1. The van der Waals surface area contributed by atoms with Crippen LogP contribution in [0.5, 0.6) is 5.75 Å². The second-order valence-corrected chi connectivity index (χ2v) is 6.80. The number of aromatic nitrogens is 1. The second kappa shape index (κ2) is 9.68. The maximum Gasteiger partial charge on any atom is 0.251 e. The number of methoxy groups -OCH3 is 2. The topological polar surface area (TPSA) is 103 Å². The zero-order valence-electron chi connectivity index (χ0n) is 16.1. The first kappa shape index (κ1) is 20.3. The molecule has 0 spiro atoms. The zero-order valence-corrected chi connectivity index (χ0v) is 16.1. The fourth-order valence-electron chi connectivity index (χ4n) is 3.22. The van der Waals surface area contributed by atoms with Gasteiger partial charge in [-0.25, -0.2) is 0 Å². The molecule has 0 bridgehead atoms. The summed E-state index contributed by atoms with van der Waals surface area (Å²) < 4.78 is 21.3. The van der Waals surface area contributed by atoms with Gasteiger partial charge >= 0.3 is 0 Å². The van der Waals surface area contributed by atoms with Crippen molar-refractivity contribution >= 4 is 5.91 Å². The van der Waals surface area contributed by atoms with Gasteiger partial charge in [-0.05, 0) is 37.1 Å². The Hall–Kier alpha value is -2.42. The lowest BCUT2D eigenvalue weighted by Gasteiger charge is -2.33. The van der Waals surface area contributed by atoms with Crippen molar-refractivity contribution in [3.63, 3.8) is 0 Å². The highest BCUT2D eigenvalue weighted by Crippen LogP contribution is 2.22. The third-order valence-corrected chi connectivity index (χ3v) is 4.73. The van der Waals surface area contributed by atoms with Gasteiger partial charge in [-0.15, -0.1) is 0 Å². The predicted octanol–water partition coefficient (Wildman–Crippen LogP) is 1.71. The number of ether oxygens (including phenoxy) is 3. The molecule has 152 valence electrons. The van der Waals surface area contributed by atoms with Crippen molar-refractivity contribution in [2.45, 2.75) is 44.2 Å². The Kier molecular flexibility index (Phi) is 7.02. The smallest absolute Gasteiger partial charge is 0.251 e. The van der Waals surface area contributed by atoms with E-state index >= 15 is 0 Å². The van der Waals surface area contributed by atoms with Crippen LogP contribution in [0.2, 0.25) is 0 Å². The Labute approximate surface area is 163 Å². The van der Waals surface area contributed by atoms with E-state index in [1.165, 1.54) is 0 Å². The normalized spacial score (nSPS) is 22.0. The molecule has 1 fully saturated rings. The number of aliphatic hydroxyl groups is 1. The minimum absolute atomic E-state index is 0.0909. The molecule has 8 heteroatoms. The van der Waals surface area contributed by atoms with E-state index in [2.05, 4.69) is 10.5 Å². The van der Waals surface area contributed by atoms with Gasteiger partial charge < -0.3 is 29.2 Å². The summed E-state index contributed by atoms with van der Waals surface area (Å²) in [6, 6.07) is 8.69. The molecule has 1 saturated heterocycles. The Morgan fingerprint density at radius 3 is 2.79 bits per heavy atom. The summed E-state index contributed by atoms with van der Waals surface area (Å²) in [6.45, 7) is 0.605. The number of nitrogens with zero attached hydrogens (tertiary/aromatic N) is 1. The standard InChI is InChI=1S/C20H26N2O6/c1-25-12-17-10-14(22-28-17)9-16-7-8-18(23)19(27-16)11-21-20(24)13-3-5-15(26-2)6-4-13/h3-6,10,16,18-19,23H,7-9,11-12H2,1-2H3,(H,21,24)/t16-,18-,19+/m0/s1. The van der Waals surface area contributed by atoms with Gasteiger partial charge in [0.15, 0.2) is 5.76 Å². The van der Waals surface area contributed by atoms with Crippen LogP contribution in [0.4, 0.5) is 0 Å². The molecule has 3 atom stereocenters. The predicted molar refractivity (Wildman–Crippen MR) is 100 cm³/mol. The van der Waals surface area contributed by atoms with E-state index in [-0.39, 0.29) is 18.6 Å². The summed E-state index contributed by atoms with van der Waals surface area (Å²) in [5.41, 5.74) is 1.31. The number of carbonyl (C=O) groups excluding carboxylic acids is 1. The van der Waals surface area contributed by atoms with E-state index in [4.69, 9.17) is 18.7 Å². The molecule has 3 rings (SSSR count). The van der Waals surface area contributed by atoms with Gasteiger partial charge in [0, 0.05) is 31.7 Å². The summed E-state index contributed by atoms with van der Waals surface area (Å²) in [4.78, 5) is 12.3. The summed E-state index contributed by atoms with van der Waals surface area (Å²) in [5.74, 6) is 1.13. The number of nitrogens with one attached hydrogen (secondary N) is 1. The summed E-state index contributed by atoms with van der Waals surface area (Å²) in [7, 11) is 3.17. The molecule has 2 heterocycles. The van der Waals surface area contributed by atoms with Crippen molar-refractivity contribution in [3.05, 3.63) is 47.3 Å². The van der Waals surface area contributed by atoms with Crippen LogP contribution in [0, 0.1) is 0 Å². The minimum Gasteiger partial charge on any atom is -0.497 e. The lowest BCUT2D eigenvalue weighted by atomic mass is 9.98. The van der Waals surface area contributed by atoms with Gasteiger partial charge in [0.2, 0.25) is 0 Å². The summed E-state index contributed by atoms with van der Waals surface area (Å²) in [5, 5.41) is 17.1. The second-order valence-electron chi connectivity index (χ2n) is 6.80. The molecular weight excluding hydrogens is 364 g/mol. The van der Waals surface area contributed by atoms with E-state index in [0.717, 1.165) is 12.1 Å². The number of hydrogen-bond donors (Lipinski definition) is 2. The van der Waals surface area contributed by atoms with E-state index < -0.39 is 12.2 Å². The molecule has 0 radical (unpaired) electrons. The fourth-order valence-corrected chi connectivity index (χ4v) is 3.22. The van der Waals surface area contributed by atoms with Crippen molar-refractivity contribution < 1.29 is 28.6 Å². The molecule has 28 heavy (non-hydrogen) atoms. The molecule has 1 aliphatic heterocycles. The average Bonchev–Trinajstić information content (AvgIpc) is 3.15. The molecule has 1 amide bonds. The first-order chi connectivity index (χ1) is 13.6. The molecular formula is C20H26N2O6. The van der Waals surface area contributed by atoms with Crippen LogP contribution < -0.4 is 10.1 Å². The number of rotatable bonds is 8. The number of benzene rings is 1. The Morgan fingerprint density at radius 1 is 1.29 bits per heavy atom. The number of aliphatic hydroxyl groups excluding tert-OH is 1. The first-order valence-electron chi connectivity index (χ1n) is 9.28. The average molecular weight is 390 g/mol. The van der Waals surface area contributed by atoms with Gasteiger partial charge in [-0.3, -0.25) is 4.79 Å². The Morgan fingerprint density at radius 2 is 2.07 bits per heavy atom. The van der Waals surface area contributed by atoms with Gasteiger partial charge in [-0.2, -0.15) is 0 Å². The van der Waals surface area contributed by atoms with Crippen LogP contribution >= 0.6 is 0 Å². The third kappa shape index (κ3) is 5.31. The quantitative estimate of drug-likeness (QED) is 0.707.